The van der Waals surface area contributed by atoms with E-state index in [9.17, 15) is 8.78 Å². The van der Waals surface area contributed by atoms with Crippen LogP contribution in [0.4, 0.5) is 8.78 Å². The van der Waals surface area contributed by atoms with E-state index in [1.807, 2.05) is 11.9 Å². The SMILES string of the molecule is CN=C(NCC(c1c(F)cccc1F)N(C)C)N(C)CC1CCOC1. The Bertz CT molecular complexity index is 568. The van der Waals surface area contributed by atoms with E-state index in [0.717, 1.165) is 26.2 Å². The highest BCUT2D eigenvalue weighted by atomic mass is 19.1. The predicted molar refractivity (Wildman–Crippen MR) is 95.7 cm³/mol. The van der Waals surface area contributed by atoms with Gasteiger partial charge in [0, 0.05) is 45.3 Å². The molecule has 25 heavy (non-hydrogen) atoms. The smallest absolute Gasteiger partial charge is 0.193 e. The van der Waals surface area contributed by atoms with Gasteiger partial charge in [-0.25, -0.2) is 8.78 Å². The number of likely N-dealkylation sites (N-methyl/N-ethyl adjacent to an activating group) is 1. The van der Waals surface area contributed by atoms with Gasteiger partial charge in [-0.05, 0) is 32.6 Å². The minimum absolute atomic E-state index is 0.0716. The number of nitrogens with one attached hydrogen (secondary N) is 1. The third-order valence-corrected chi connectivity index (χ3v) is 4.54. The Morgan fingerprint density at radius 2 is 2.00 bits per heavy atom. The van der Waals surface area contributed by atoms with E-state index in [0.29, 0.717) is 18.4 Å². The summed E-state index contributed by atoms with van der Waals surface area (Å²) in [6.07, 6.45) is 1.04. The second kappa shape index (κ2) is 9.10. The van der Waals surface area contributed by atoms with Gasteiger partial charge in [-0.3, -0.25) is 4.99 Å². The zero-order valence-electron chi connectivity index (χ0n) is 15.4. The zero-order valence-corrected chi connectivity index (χ0v) is 15.4. The van der Waals surface area contributed by atoms with Gasteiger partial charge in [-0.1, -0.05) is 6.07 Å². The van der Waals surface area contributed by atoms with Gasteiger partial charge < -0.3 is 19.9 Å². The van der Waals surface area contributed by atoms with Crippen LogP contribution in [0.25, 0.3) is 0 Å². The first-order chi connectivity index (χ1) is 11.9. The van der Waals surface area contributed by atoms with E-state index >= 15 is 0 Å². The van der Waals surface area contributed by atoms with Crippen LogP contribution in [0.15, 0.2) is 23.2 Å². The fourth-order valence-corrected chi connectivity index (χ4v) is 3.15. The molecule has 0 amide bonds. The molecular weight excluding hydrogens is 326 g/mol. The van der Waals surface area contributed by atoms with Crippen LogP contribution < -0.4 is 5.32 Å². The molecule has 1 N–H and O–H groups in total. The summed E-state index contributed by atoms with van der Waals surface area (Å²) in [6.45, 7) is 2.76. The van der Waals surface area contributed by atoms with Gasteiger partial charge >= 0.3 is 0 Å². The fraction of sp³-hybridized carbons (Fsp3) is 0.611. The summed E-state index contributed by atoms with van der Waals surface area (Å²) < 4.78 is 33.7. The third kappa shape index (κ3) is 5.12. The summed E-state index contributed by atoms with van der Waals surface area (Å²) in [5.74, 6) is 0.117. The number of ether oxygens (including phenoxy) is 1. The maximum Gasteiger partial charge on any atom is 0.193 e. The molecule has 0 saturated carbocycles. The van der Waals surface area contributed by atoms with Gasteiger partial charge in [-0.2, -0.15) is 0 Å². The van der Waals surface area contributed by atoms with Crippen molar-refractivity contribution in [3.8, 4) is 0 Å². The average molecular weight is 354 g/mol. The van der Waals surface area contributed by atoms with E-state index in [2.05, 4.69) is 10.3 Å². The van der Waals surface area contributed by atoms with E-state index in [1.165, 1.54) is 18.2 Å². The normalized spacial score (nSPS) is 19.3. The summed E-state index contributed by atoms with van der Waals surface area (Å²) in [5.41, 5.74) is 0.0716. The second-order valence-corrected chi connectivity index (χ2v) is 6.65. The number of aliphatic imine (C=N–C) groups is 1. The van der Waals surface area contributed by atoms with E-state index in [4.69, 9.17) is 4.74 Å². The van der Waals surface area contributed by atoms with Crippen molar-refractivity contribution in [1.82, 2.24) is 15.1 Å². The number of nitrogens with zero attached hydrogens (tertiary/aromatic N) is 3. The largest absolute Gasteiger partial charge is 0.381 e. The number of rotatable bonds is 6. The quantitative estimate of drug-likeness (QED) is 0.627. The van der Waals surface area contributed by atoms with Gasteiger partial charge in [-0.15, -0.1) is 0 Å². The predicted octanol–water partition coefficient (Wildman–Crippen LogP) is 2.11. The highest BCUT2D eigenvalue weighted by Gasteiger charge is 2.24. The molecule has 0 aromatic heterocycles. The molecule has 1 fully saturated rings. The molecule has 0 spiro atoms. The van der Waals surface area contributed by atoms with Crippen LogP contribution in [0.3, 0.4) is 0 Å². The highest BCUT2D eigenvalue weighted by molar-refractivity contribution is 5.79. The third-order valence-electron chi connectivity index (χ3n) is 4.54. The first-order valence-electron chi connectivity index (χ1n) is 8.54. The summed E-state index contributed by atoms with van der Waals surface area (Å²) >= 11 is 0. The second-order valence-electron chi connectivity index (χ2n) is 6.65. The number of halogens is 2. The molecule has 1 saturated heterocycles. The fourth-order valence-electron chi connectivity index (χ4n) is 3.15. The Labute approximate surface area is 148 Å². The van der Waals surface area contributed by atoms with Crippen LogP contribution in [0.2, 0.25) is 0 Å². The summed E-state index contributed by atoms with van der Waals surface area (Å²) in [7, 11) is 7.28. The molecule has 140 valence electrons. The van der Waals surface area contributed by atoms with Crippen molar-refractivity contribution in [2.45, 2.75) is 12.5 Å². The van der Waals surface area contributed by atoms with E-state index < -0.39 is 17.7 Å². The Balaban J connectivity index is 2.04. The van der Waals surface area contributed by atoms with Crippen molar-refractivity contribution in [2.24, 2.45) is 10.9 Å². The Morgan fingerprint density at radius 1 is 1.32 bits per heavy atom. The van der Waals surface area contributed by atoms with Gasteiger partial charge in [0.1, 0.15) is 11.6 Å². The number of benzene rings is 1. The monoisotopic (exact) mass is 354 g/mol. The van der Waals surface area contributed by atoms with Crippen molar-refractivity contribution in [2.75, 3.05) is 54.5 Å². The molecule has 1 aromatic carbocycles. The molecule has 1 aromatic rings. The van der Waals surface area contributed by atoms with Crippen LogP contribution in [-0.4, -0.2) is 70.3 Å². The molecule has 1 aliphatic rings. The Morgan fingerprint density at radius 3 is 2.52 bits per heavy atom. The van der Waals surface area contributed by atoms with Crippen LogP contribution >= 0.6 is 0 Å². The molecule has 2 atom stereocenters. The minimum Gasteiger partial charge on any atom is -0.381 e. The zero-order chi connectivity index (χ0) is 18.4. The van der Waals surface area contributed by atoms with Gasteiger partial charge in [0.25, 0.3) is 0 Å². The molecule has 0 radical (unpaired) electrons. The van der Waals surface area contributed by atoms with Gasteiger partial charge in [0.2, 0.25) is 0 Å². The molecule has 7 heteroatoms. The Hall–Kier alpha value is -1.73. The van der Waals surface area contributed by atoms with E-state index in [-0.39, 0.29) is 5.56 Å². The molecule has 1 aliphatic heterocycles. The van der Waals surface area contributed by atoms with Crippen LogP contribution in [-0.2, 0) is 4.74 Å². The minimum atomic E-state index is -0.535. The first-order valence-corrected chi connectivity index (χ1v) is 8.54. The van der Waals surface area contributed by atoms with Crippen molar-refractivity contribution in [3.05, 3.63) is 35.4 Å². The van der Waals surface area contributed by atoms with Gasteiger partial charge in [0.05, 0.1) is 12.6 Å². The summed E-state index contributed by atoms with van der Waals surface area (Å²) in [6, 6.07) is 3.51. The van der Waals surface area contributed by atoms with Gasteiger partial charge in [0.15, 0.2) is 5.96 Å². The summed E-state index contributed by atoms with van der Waals surface area (Å²) in [4.78, 5) is 8.11. The van der Waals surface area contributed by atoms with Crippen molar-refractivity contribution in [3.63, 3.8) is 0 Å². The lowest BCUT2D eigenvalue weighted by atomic mass is 10.0. The number of guanidine groups is 1. The van der Waals surface area contributed by atoms with Crippen molar-refractivity contribution < 1.29 is 13.5 Å². The molecule has 5 nitrogen and oxygen atoms in total. The lowest BCUT2D eigenvalue weighted by Gasteiger charge is -2.29. The van der Waals surface area contributed by atoms with Crippen molar-refractivity contribution in [1.29, 1.82) is 0 Å². The highest BCUT2D eigenvalue weighted by Crippen LogP contribution is 2.24. The molecule has 2 rings (SSSR count). The van der Waals surface area contributed by atoms with E-state index in [1.54, 1.807) is 26.0 Å². The van der Waals surface area contributed by atoms with Crippen LogP contribution in [0.5, 0.6) is 0 Å². The molecular formula is C18H28F2N4O. The molecule has 0 bridgehead atoms. The number of hydrogen-bond acceptors (Lipinski definition) is 3. The summed E-state index contributed by atoms with van der Waals surface area (Å²) in [5, 5.41) is 3.24. The first kappa shape index (κ1) is 19.6. The molecule has 0 aliphatic carbocycles. The standard InChI is InChI=1S/C18H28F2N4O/c1-21-18(24(4)11-13-8-9-25-12-13)22-10-16(23(2)3)17-14(19)6-5-7-15(17)20/h5-7,13,16H,8-12H2,1-4H3,(H,21,22). The van der Waals surface area contributed by atoms with Crippen molar-refractivity contribution >= 4 is 5.96 Å². The lowest BCUT2D eigenvalue weighted by Crippen LogP contribution is -2.44. The number of hydrogen-bond donors (Lipinski definition) is 1. The molecule has 1 heterocycles. The average Bonchev–Trinajstić information content (AvgIpc) is 3.06. The van der Waals surface area contributed by atoms with Crippen LogP contribution in [0.1, 0.15) is 18.0 Å². The topological polar surface area (TPSA) is 40.1 Å². The Kier molecular flexibility index (Phi) is 7.13. The van der Waals surface area contributed by atoms with Crippen LogP contribution in [0, 0.1) is 17.6 Å². The maximum absolute atomic E-state index is 14.1. The lowest BCUT2D eigenvalue weighted by molar-refractivity contribution is 0.181. The molecule has 2 unspecified atom stereocenters. The maximum atomic E-state index is 14.1.